The molecule has 0 bridgehead atoms. The van der Waals surface area contributed by atoms with Crippen LogP contribution >= 0.6 is 0 Å². The molecule has 2 aromatic rings. The van der Waals surface area contributed by atoms with Crippen molar-refractivity contribution in [3.8, 4) is 11.8 Å². The molecule has 0 atom stereocenters. The minimum absolute atomic E-state index is 0.597. The van der Waals surface area contributed by atoms with Crippen LogP contribution in [0.3, 0.4) is 0 Å². The highest BCUT2D eigenvalue weighted by molar-refractivity contribution is 6.79. The summed E-state index contributed by atoms with van der Waals surface area (Å²) in [6.45, 7) is 11.9. The summed E-state index contributed by atoms with van der Waals surface area (Å²) >= 11 is 0. The normalized spacial score (nSPS) is 12.1. The first-order valence-electron chi connectivity index (χ1n) is 7.61. The zero-order chi connectivity index (χ0) is 17.1. The van der Waals surface area contributed by atoms with Crippen LogP contribution in [0.1, 0.15) is 11.4 Å². The van der Waals surface area contributed by atoms with Gasteiger partial charge in [-0.25, -0.2) is 9.97 Å². The standard InChI is InChI=1S/C16H24N2O3Si2/c1-13-9-7-11-15(17-13)19-22(3,4)21-23(5,6)20-16-12-8-10-14(2)18-16/h7-12H,1-6H3. The molecule has 7 heteroatoms. The zero-order valence-electron chi connectivity index (χ0n) is 14.6. The number of pyridine rings is 2. The smallest absolute Gasteiger partial charge is 0.385 e. The molecule has 0 saturated heterocycles. The van der Waals surface area contributed by atoms with E-state index in [9.17, 15) is 0 Å². The summed E-state index contributed by atoms with van der Waals surface area (Å²) in [5.41, 5.74) is 1.84. The first kappa shape index (κ1) is 17.6. The van der Waals surface area contributed by atoms with Crippen molar-refractivity contribution < 1.29 is 13.0 Å². The number of rotatable bonds is 6. The lowest BCUT2D eigenvalue weighted by Gasteiger charge is -2.32. The highest BCUT2D eigenvalue weighted by atomic mass is 28.5. The van der Waals surface area contributed by atoms with Gasteiger partial charge in [-0.15, -0.1) is 0 Å². The molecule has 0 spiro atoms. The maximum absolute atomic E-state index is 6.27. The predicted molar refractivity (Wildman–Crippen MR) is 95.3 cm³/mol. The van der Waals surface area contributed by atoms with Crippen LogP contribution in [0.5, 0.6) is 11.8 Å². The van der Waals surface area contributed by atoms with Gasteiger partial charge in [0.2, 0.25) is 11.8 Å². The first-order valence-corrected chi connectivity index (χ1v) is 13.2. The Labute approximate surface area is 140 Å². The van der Waals surface area contributed by atoms with E-state index in [1.54, 1.807) is 0 Å². The third kappa shape index (κ3) is 5.77. The van der Waals surface area contributed by atoms with E-state index < -0.39 is 17.1 Å². The average Bonchev–Trinajstić information content (AvgIpc) is 2.35. The van der Waals surface area contributed by atoms with E-state index in [0.29, 0.717) is 11.8 Å². The van der Waals surface area contributed by atoms with E-state index in [4.69, 9.17) is 13.0 Å². The van der Waals surface area contributed by atoms with Crippen molar-refractivity contribution in [3.63, 3.8) is 0 Å². The maximum atomic E-state index is 6.27. The van der Waals surface area contributed by atoms with E-state index in [0.717, 1.165) is 11.4 Å². The molecule has 0 radical (unpaired) electrons. The molecule has 0 N–H and O–H groups in total. The van der Waals surface area contributed by atoms with E-state index >= 15 is 0 Å². The van der Waals surface area contributed by atoms with E-state index in [-0.39, 0.29) is 0 Å². The molecule has 23 heavy (non-hydrogen) atoms. The Balaban J connectivity index is 2.05. The van der Waals surface area contributed by atoms with Crippen molar-refractivity contribution in [1.29, 1.82) is 0 Å². The quantitative estimate of drug-likeness (QED) is 0.739. The zero-order valence-corrected chi connectivity index (χ0v) is 16.6. The minimum atomic E-state index is -2.42. The van der Waals surface area contributed by atoms with Gasteiger partial charge in [0.05, 0.1) is 0 Å². The fraction of sp³-hybridized carbons (Fsp3) is 0.375. The molecule has 0 aliphatic heterocycles. The van der Waals surface area contributed by atoms with Crippen LogP contribution in [0.25, 0.3) is 0 Å². The predicted octanol–water partition coefficient (Wildman–Crippen LogP) is 3.97. The van der Waals surface area contributed by atoms with Gasteiger partial charge in [-0.3, -0.25) is 0 Å². The van der Waals surface area contributed by atoms with Crippen molar-refractivity contribution in [1.82, 2.24) is 9.97 Å². The number of aryl methyl sites for hydroxylation is 2. The summed E-state index contributed by atoms with van der Waals surface area (Å²) in [4.78, 5) is 8.76. The van der Waals surface area contributed by atoms with Gasteiger partial charge in [-0.1, -0.05) is 12.1 Å². The van der Waals surface area contributed by atoms with Gasteiger partial charge in [0, 0.05) is 11.4 Å². The molecule has 0 unspecified atom stereocenters. The van der Waals surface area contributed by atoms with Crippen LogP contribution in [0, 0.1) is 13.8 Å². The summed E-state index contributed by atoms with van der Waals surface area (Å²) in [6.07, 6.45) is 0. The van der Waals surface area contributed by atoms with Crippen molar-refractivity contribution >= 4 is 17.1 Å². The molecule has 0 aromatic carbocycles. The van der Waals surface area contributed by atoms with Gasteiger partial charge in [0.1, 0.15) is 0 Å². The van der Waals surface area contributed by atoms with Gasteiger partial charge >= 0.3 is 17.1 Å². The molecule has 0 fully saturated rings. The molecule has 5 nitrogen and oxygen atoms in total. The summed E-state index contributed by atoms with van der Waals surface area (Å²) in [6, 6.07) is 11.4. The molecule has 0 amide bonds. The molecule has 124 valence electrons. The summed E-state index contributed by atoms with van der Waals surface area (Å²) in [5.74, 6) is 1.19. The third-order valence-corrected chi connectivity index (χ3v) is 8.25. The molecule has 2 heterocycles. The highest BCUT2D eigenvalue weighted by Gasteiger charge is 2.39. The van der Waals surface area contributed by atoms with Crippen molar-refractivity contribution in [2.24, 2.45) is 0 Å². The molecular weight excluding hydrogens is 324 g/mol. The molecule has 2 aromatic heterocycles. The van der Waals surface area contributed by atoms with Crippen LogP contribution in [0.15, 0.2) is 36.4 Å². The van der Waals surface area contributed by atoms with Crippen LogP contribution in [0.4, 0.5) is 0 Å². The number of hydrogen-bond donors (Lipinski definition) is 0. The Hall–Kier alpha value is -1.71. The van der Waals surface area contributed by atoms with Crippen LogP contribution in [0.2, 0.25) is 26.2 Å². The van der Waals surface area contributed by atoms with Gasteiger partial charge in [-0.05, 0) is 64.3 Å². The van der Waals surface area contributed by atoms with Gasteiger partial charge in [0.25, 0.3) is 0 Å². The molecule has 2 rings (SSSR count). The Morgan fingerprint density at radius 3 is 1.43 bits per heavy atom. The Morgan fingerprint density at radius 2 is 1.09 bits per heavy atom. The van der Waals surface area contributed by atoms with Crippen LogP contribution < -0.4 is 8.85 Å². The molecular formula is C16H24N2O3Si2. The minimum Gasteiger partial charge on any atom is -0.507 e. The fourth-order valence-corrected chi connectivity index (χ4v) is 8.59. The van der Waals surface area contributed by atoms with Crippen LogP contribution in [-0.4, -0.2) is 27.1 Å². The number of aromatic nitrogens is 2. The lowest BCUT2D eigenvalue weighted by molar-refractivity contribution is 0.326. The average molecular weight is 349 g/mol. The van der Waals surface area contributed by atoms with Crippen molar-refractivity contribution in [2.45, 2.75) is 40.0 Å². The van der Waals surface area contributed by atoms with Crippen LogP contribution in [-0.2, 0) is 4.12 Å². The molecule has 0 aliphatic carbocycles. The second-order valence-corrected chi connectivity index (χ2v) is 13.2. The van der Waals surface area contributed by atoms with Crippen molar-refractivity contribution in [3.05, 3.63) is 47.8 Å². The third-order valence-electron chi connectivity index (χ3n) is 2.92. The Kier molecular flexibility index (Phi) is 5.23. The molecule has 0 saturated carbocycles. The largest absolute Gasteiger partial charge is 0.507 e. The summed E-state index contributed by atoms with van der Waals surface area (Å²) in [5, 5.41) is 0. The number of hydrogen-bond acceptors (Lipinski definition) is 5. The van der Waals surface area contributed by atoms with Gasteiger partial charge in [-0.2, -0.15) is 0 Å². The topological polar surface area (TPSA) is 53.5 Å². The summed E-state index contributed by atoms with van der Waals surface area (Å²) in [7, 11) is -4.85. The van der Waals surface area contributed by atoms with Crippen molar-refractivity contribution in [2.75, 3.05) is 0 Å². The summed E-state index contributed by atoms with van der Waals surface area (Å²) < 4.78 is 18.3. The Morgan fingerprint density at radius 1 is 0.696 bits per heavy atom. The van der Waals surface area contributed by atoms with Gasteiger partial charge < -0.3 is 13.0 Å². The number of nitrogens with zero attached hydrogens (tertiary/aromatic N) is 2. The van der Waals surface area contributed by atoms with E-state index in [2.05, 4.69) is 9.97 Å². The molecule has 0 aliphatic rings. The fourth-order valence-electron chi connectivity index (χ4n) is 2.29. The second kappa shape index (κ2) is 6.82. The lowest BCUT2D eigenvalue weighted by Crippen LogP contribution is -2.52. The lowest BCUT2D eigenvalue weighted by atomic mass is 10.4. The van der Waals surface area contributed by atoms with E-state index in [1.807, 2.05) is 76.4 Å². The highest BCUT2D eigenvalue weighted by Crippen LogP contribution is 2.21. The Bertz CT molecular complexity index is 620. The van der Waals surface area contributed by atoms with Gasteiger partial charge in [0.15, 0.2) is 0 Å². The second-order valence-electron chi connectivity index (χ2n) is 6.34. The maximum Gasteiger partial charge on any atom is 0.385 e. The first-order chi connectivity index (χ1) is 10.7. The SMILES string of the molecule is Cc1cccc(O[Si](C)(C)O[Si](C)(C)Oc2cccc(C)n2)n1. The monoisotopic (exact) mass is 348 g/mol. The van der Waals surface area contributed by atoms with E-state index in [1.165, 1.54) is 0 Å².